The van der Waals surface area contributed by atoms with Crippen LogP contribution in [-0.2, 0) is 19.9 Å². The average Bonchev–Trinajstić information content (AvgIpc) is 2.95. The van der Waals surface area contributed by atoms with Gasteiger partial charge in [-0.3, -0.25) is 4.68 Å². The normalized spacial score (nSPS) is 27.9. The second-order valence-corrected chi connectivity index (χ2v) is 6.35. The molecule has 0 spiro atoms. The summed E-state index contributed by atoms with van der Waals surface area (Å²) in [7, 11) is 1.97. The fraction of sp³-hybridized carbons (Fsp3) is 0.471. The molecule has 1 N–H and O–H groups in total. The lowest BCUT2D eigenvalue weighted by atomic mass is 9.94. The summed E-state index contributed by atoms with van der Waals surface area (Å²) in [6.07, 6.45) is 9.19. The van der Waals surface area contributed by atoms with E-state index in [9.17, 15) is 0 Å². The van der Waals surface area contributed by atoms with Gasteiger partial charge in [-0.15, -0.1) is 0 Å². The van der Waals surface area contributed by atoms with Crippen molar-refractivity contribution in [1.29, 1.82) is 0 Å². The van der Waals surface area contributed by atoms with Gasteiger partial charge in [0.05, 0.1) is 11.9 Å². The van der Waals surface area contributed by atoms with E-state index >= 15 is 0 Å². The van der Waals surface area contributed by atoms with Gasteiger partial charge in [0.15, 0.2) is 0 Å². The number of aryl methyl sites for hydroxylation is 1. The molecule has 104 valence electrons. The third-order valence-electron chi connectivity index (χ3n) is 5.04. The topological polar surface area (TPSA) is 29.9 Å². The molecule has 2 aliphatic rings. The zero-order valence-electron chi connectivity index (χ0n) is 11.9. The summed E-state index contributed by atoms with van der Waals surface area (Å²) in [4.78, 5) is 0. The zero-order valence-corrected chi connectivity index (χ0v) is 11.9. The highest BCUT2D eigenvalue weighted by molar-refractivity contribution is 5.41. The first-order chi connectivity index (χ1) is 9.79. The smallest absolute Gasteiger partial charge is 0.0728 e. The van der Waals surface area contributed by atoms with Gasteiger partial charge in [-0.2, -0.15) is 5.10 Å². The van der Waals surface area contributed by atoms with Crippen molar-refractivity contribution >= 4 is 5.69 Å². The van der Waals surface area contributed by atoms with Crippen molar-refractivity contribution < 1.29 is 0 Å². The first kappa shape index (κ1) is 12.0. The zero-order chi connectivity index (χ0) is 13.5. The van der Waals surface area contributed by atoms with Crippen molar-refractivity contribution in [3.8, 4) is 0 Å². The molecule has 0 aliphatic heterocycles. The number of nitrogens with one attached hydrogen (secondary N) is 1. The van der Waals surface area contributed by atoms with Crippen LogP contribution in [0.2, 0.25) is 0 Å². The van der Waals surface area contributed by atoms with Crippen LogP contribution in [0.15, 0.2) is 36.7 Å². The van der Waals surface area contributed by atoms with Gasteiger partial charge in [0.1, 0.15) is 0 Å². The standard InChI is InChI=1S/C17H21N3/c1-20-11-16(10-18-20)19-17-14-6-7-15(17)9-13-5-3-2-4-12(13)8-14/h2-5,10-11,14-15,17,19H,6-9H2,1H3. The summed E-state index contributed by atoms with van der Waals surface area (Å²) < 4.78 is 1.87. The lowest BCUT2D eigenvalue weighted by molar-refractivity contribution is 0.450. The number of anilines is 1. The lowest BCUT2D eigenvalue weighted by Gasteiger charge is -2.23. The number of hydrogen-bond acceptors (Lipinski definition) is 2. The van der Waals surface area contributed by atoms with Crippen LogP contribution >= 0.6 is 0 Å². The molecule has 4 rings (SSSR count). The molecule has 20 heavy (non-hydrogen) atoms. The highest BCUT2D eigenvalue weighted by Crippen LogP contribution is 2.41. The van der Waals surface area contributed by atoms with Crippen LogP contribution in [0.5, 0.6) is 0 Å². The minimum atomic E-state index is 0.603. The maximum atomic E-state index is 4.27. The third-order valence-corrected chi connectivity index (χ3v) is 5.04. The van der Waals surface area contributed by atoms with Gasteiger partial charge in [0.25, 0.3) is 0 Å². The molecule has 1 aromatic carbocycles. The van der Waals surface area contributed by atoms with E-state index in [0.29, 0.717) is 6.04 Å². The number of benzene rings is 1. The van der Waals surface area contributed by atoms with E-state index in [1.54, 1.807) is 11.1 Å². The van der Waals surface area contributed by atoms with E-state index in [1.807, 2.05) is 17.9 Å². The minimum Gasteiger partial charge on any atom is -0.379 e. The Balaban J connectivity index is 1.60. The van der Waals surface area contributed by atoms with E-state index < -0.39 is 0 Å². The summed E-state index contributed by atoms with van der Waals surface area (Å²) in [5.74, 6) is 1.53. The van der Waals surface area contributed by atoms with Crippen molar-refractivity contribution in [2.45, 2.75) is 31.7 Å². The SMILES string of the molecule is Cn1cc(NC2C3CCC2Cc2ccccc2C3)cn1. The van der Waals surface area contributed by atoms with Gasteiger partial charge >= 0.3 is 0 Å². The van der Waals surface area contributed by atoms with Crippen LogP contribution in [0.3, 0.4) is 0 Å². The Morgan fingerprint density at radius 1 is 1.10 bits per heavy atom. The molecular formula is C17H21N3. The van der Waals surface area contributed by atoms with Crippen LogP contribution in [0.1, 0.15) is 24.0 Å². The van der Waals surface area contributed by atoms with Crippen molar-refractivity contribution in [2.24, 2.45) is 18.9 Å². The predicted octanol–water partition coefficient (Wildman–Crippen LogP) is 3.03. The highest BCUT2D eigenvalue weighted by atomic mass is 15.3. The molecular weight excluding hydrogens is 246 g/mol. The molecule has 0 radical (unpaired) electrons. The van der Waals surface area contributed by atoms with Crippen molar-refractivity contribution in [3.63, 3.8) is 0 Å². The Hall–Kier alpha value is -1.77. The molecule has 2 unspecified atom stereocenters. The van der Waals surface area contributed by atoms with Crippen molar-refractivity contribution in [1.82, 2.24) is 9.78 Å². The summed E-state index contributed by atoms with van der Waals surface area (Å²) >= 11 is 0. The number of aromatic nitrogens is 2. The first-order valence-corrected chi connectivity index (χ1v) is 7.61. The van der Waals surface area contributed by atoms with E-state index in [0.717, 1.165) is 11.8 Å². The van der Waals surface area contributed by atoms with Crippen molar-refractivity contribution in [2.75, 3.05) is 5.32 Å². The number of nitrogens with zero attached hydrogens (tertiary/aromatic N) is 2. The molecule has 2 aromatic rings. The Labute approximate surface area is 120 Å². The van der Waals surface area contributed by atoms with E-state index in [4.69, 9.17) is 0 Å². The largest absolute Gasteiger partial charge is 0.379 e. The van der Waals surface area contributed by atoms with E-state index in [1.165, 1.54) is 31.4 Å². The molecule has 3 heteroatoms. The average molecular weight is 267 g/mol. The van der Waals surface area contributed by atoms with E-state index in [2.05, 4.69) is 40.9 Å². The Morgan fingerprint density at radius 2 is 1.75 bits per heavy atom. The molecule has 0 saturated heterocycles. The fourth-order valence-corrected chi connectivity index (χ4v) is 4.07. The van der Waals surface area contributed by atoms with Crippen LogP contribution < -0.4 is 5.32 Å². The molecule has 1 aromatic heterocycles. The molecule has 3 nitrogen and oxygen atoms in total. The van der Waals surface area contributed by atoms with Gasteiger partial charge in [-0.25, -0.2) is 0 Å². The first-order valence-electron chi connectivity index (χ1n) is 7.61. The predicted molar refractivity (Wildman–Crippen MR) is 80.7 cm³/mol. The quantitative estimate of drug-likeness (QED) is 0.906. The monoisotopic (exact) mass is 267 g/mol. The van der Waals surface area contributed by atoms with Crippen LogP contribution in [0, 0.1) is 11.8 Å². The highest BCUT2D eigenvalue weighted by Gasteiger charge is 2.38. The molecule has 1 fully saturated rings. The van der Waals surface area contributed by atoms with Gasteiger partial charge in [-0.1, -0.05) is 24.3 Å². The summed E-state index contributed by atoms with van der Waals surface area (Å²) in [6, 6.07) is 9.60. The molecule has 1 saturated carbocycles. The maximum absolute atomic E-state index is 4.27. The molecule has 0 amide bonds. The number of hydrogen-bond donors (Lipinski definition) is 1. The summed E-state index contributed by atoms with van der Waals surface area (Å²) in [6.45, 7) is 0. The Morgan fingerprint density at radius 3 is 2.30 bits per heavy atom. The third kappa shape index (κ3) is 2.01. The second-order valence-electron chi connectivity index (χ2n) is 6.35. The van der Waals surface area contributed by atoms with Crippen molar-refractivity contribution in [3.05, 3.63) is 47.8 Å². The van der Waals surface area contributed by atoms with E-state index in [-0.39, 0.29) is 0 Å². The molecule has 2 aliphatic carbocycles. The van der Waals surface area contributed by atoms with Gasteiger partial charge in [0.2, 0.25) is 0 Å². The maximum Gasteiger partial charge on any atom is 0.0728 e. The van der Waals surface area contributed by atoms with Gasteiger partial charge in [-0.05, 0) is 48.6 Å². The van der Waals surface area contributed by atoms with Crippen LogP contribution in [0.4, 0.5) is 5.69 Å². The number of rotatable bonds is 2. The minimum absolute atomic E-state index is 0.603. The molecule has 1 heterocycles. The lowest BCUT2D eigenvalue weighted by Crippen LogP contribution is -2.30. The van der Waals surface area contributed by atoms with Crippen LogP contribution in [0.25, 0.3) is 0 Å². The van der Waals surface area contributed by atoms with Gasteiger partial charge < -0.3 is 5.32 Å². The number of fused-ring (bicyclic) bond motifs is 3. The second kappa shape index (κ2) is 4.65. The Bertz CT molecular complexity index is 583. The van der Waals surface area contributed by atoms with Crippen LogP contribution in [-0.4, -0.2) is 15.8 Å². The summed E-state index contributed by atoms with van der Waals surface area (Å²) in [5.41, 5.74) is 4.30. The molecule has 2 atom stereocenters. The summed E-state index contributed by atoms with van der Waals surface area (Å²) in [5, 5.41) is 8.02. The Kier molecular flexibility index (Phi) is 2.79. The fourth-order valence-electron chi connectivity index (χ4n) is 4.07. The van der Waals surface area contributed by atoms with Gasteiger partial charge in [0, 0.05) is 19.3 Å². The molecule has 2 bridgehead atoms.